The van der Waals surface area contributed by atoms with Gasteiger partial charge >= 0.3 is 0 Å². The van der Waals surface area contributed by atoms with Gasteiger partial charge in [-0.05, 0) is 31.9 Å². The average Bonchev–Trinajstić information content (AvgIpc) is 2.20. The minimum absolute atomic E-state index is 0.408. The molecule has 0 atom stereocenters. The summed E-state index contributed by atoms with van der Waals surface area (Å²) in [5.74, 6) is 0.993. The number of benzene rings is 1. The van der Waals surface area contributed by atoms with Gasteiger partial charge in [-0.1, -0.05) is 40.0 Å². The molecule has 1 aromatic carbocycles. The van der Waals surface area contributed by atoms with Gasteiger partial charge in [0.1, 0.15) is 5.75 Å². The first-order chi connectivity index (χ1) is 7.24. The number of halogens is 1. The zero-order chi connectivity index (χ0) is 10.7. The molecular weight excluding hydrogens is 252 g/mol. The molecule has 1 aliphatic carbocycles. The van der Waals surface area contributed by atoms with Gasteiger partial charge in [-0.3, -0.25) is 0 Å². The highest BCUT2D eigenvalue weighted by molar-refractivity contribution is 9.09. The molecule has 1 aromatic rings. The van der Waals surface area contributed by atoms with Gasteiger partial charge in [-0.25, -0.2) is 0 Å². The summed E-state index contributed by atoms with van der Waals surface area (Å²) in [6.45, 7) is 2.94. The lowest BCUT2D eigenvalue weighted by atomic mass is 9.71. The predicted molar refractivity (Wildman–Crippen MR) is 66.8 cm³/mol. The summed E-state index contributed by atoms with van der Waals surface area (Å²) in [5.41, 5.74) is 1.69. The lowest BCUT2D eigenvalue weighted by Crippen LogP contribution is -2.37. The van der Waals surface area contributed by atoms with Crippen LogP contribution in [0.25, 0.3) is 0 Å². The molecule has 1 saturated carbocycles. The van der Waals surface area contributed by atoms with E-state index in [4.69, 9.17) is 4.74 Å². The third kappa shape index (κ3) is 2.54. The normalized spacial score (nSPS) is 18.3. The maximum atomic E-state index is 5.83. The van der Waals surface area contributed by atoms with Crippen LogP contribution in [-0.2, 0) is 0 Å². The molecular formula is C13H17BrO. The molecule has 15 heavy (non-hydrogen) atoms. The second-order valence-electron chi connectivity index (χ2n) is 4.59. The zero-order valence-electron chi connectivity index (χ0n) is 9.13. The van der Waals surface area contributed by atoms with Crippen molar-refractivity contribution in [2.24, 2.45) is 5.41 Å². The quantitative estimate of drug-likeness (QED) is 0.752. The van der Waals surface area contributed by atoms with Crippen molar-refractivity contribution < 1.29 is 4.74 Å². The molecule has 0 aromatic heterocycles. The highest BCUT2D eigenvalue weighted by atomic mass is 79.9. The van der Waals surface area contributed by atoms with Crippen LogP contribution in [-0.4, -0.2) is 11.9 Å². The van der Waals surface area contributed by atoms with Crippen molar-refractivity contribution >= 4 is 15.9 Å². The molecule has 0 unspecified atom stereocenters. The molecule has 0 saturated heterocycles. The maximum absolute atomic E-state index is 5.83. The topological polar surface area (TPSA) is 9.23 Å². The SMILES string of the molecule is Cc1ccc(OCC2(CBr)CCC2)cc1. The smallest absolute Gasteiger partial charge is 0.119 e. The summed E-state index contributed by atoms with van der Waals surface area (Å²) >= 11 is 3.59. The van der Waals surface area contributed by atoms with Crippen molar-refractivity contribution in [2.75, 3.05) is 11.9 Å². The lowest BCUT2D eigenvalue weighted by Gasteiger charge is -2.39. The van der Waals surface area contributed by atoms with Crippen molar-refractivity contribution in [2.45, 2.75) is 26.2 Å². The van der Waals surface area contributed by atoms with Crippen molar-refractivity contribution in [3.05, 3.63) is 29.8 Å². The molecule has 1 aliphatic rings. The Morgan fingerprint density at radius 3 is 2.40 bits per heavy atom. The molecule has 0 aliphatic heterocycles. The Balaban J connectivity index is 1.90. The Hall–Kier alpha value is -0.500. The highest BCUT2D eigenvalue weighted by Gasteiger charge is 2.36. The first kappa shape index (κ1) is 11.0. The van der Waals surface area contributed by atoms with Crippen molar-refractivity contribution in [3.8, 4) is 5.75 Å². The highest BCUT2D eigenvalue weighted by Crippen LogP contribution is 2.42. The summed E-state index contributed by atoms with van der Waals surface area (Å²) < 4.78 is 5.83. The van der Waals surface area contributed by atoms with E-state index >= 15 is 0 Å². The molecule has 82 valence electrons. The fraction of sp³-hybridized carbons (Fsp3) is 0.538. The third-order valence-electron chi connectivity index (χ3n) is 3.26. The van der Waals surface area contributed by atoms with Crippen LogP contribution in [0.5, 0.6) is 5.75 Å². The van der Waals surface area contributed by atoms with Gasteiger partial charge in [0.15, 0.2) is 0 Å². The first-order valence-corrected chi connectivity index (χ1v) is 6.62. The Labute approximate surface area is 100.0 Å². The van der Waals surface area contributed by atoms with E-state index < -0.39 is 0 Å². The van der Waals surface area contributed by atoms with Crippen LogP contribution in [0.1, 0.15) is 24.8 Å². The van der Waals surface area contributed by atoms with Crippen LogP contribution in [0, 0.1) is 12.3 Å². The molecule has 0 heterocycles. The van der Waals surface area contributed by atoms with Gasteiger partial charge in [-0.2, -0.15) is 0 Å². The van der Waals surface area contributed by atoms with E-state index in [0.717, 1.165) is 17.7 Å². The molecule has 1 nitrogen and oxygen atoms in total. The molecule has 2 heteroatoms. The van der Waals surface area contributed by atoms with Gasteiger partial charge in [0.2, 0.25) is 0 Å². The number of hydrogen-bond acceptors (Lipinski definition) is 1. The van der Waals surface area contributed by atoms with E-state index in [1.165, 1.54) is 24.8 Å². The molecule has 2 rings (SSSR count). The zero-order valence-corrected chi connectivity index (χ0v) is 10.7. The number of rotatable bonds is 4. The van der Waals surface area contributed by atoms with E-state index in [0.29, 0.717) is 5.41 Å². The largest absolute Gasteiger partial charge is 0.493 e. The van der Waals surface area contributed by atoms with E-state index in [1.54, 1.807) is 0 Å². The molecule has 0 spiro atoms. The molecule has 1 fully saturated rings. The summed E-state index contributed by atoms with van der Waals surface area (Å²) in [4.78, 5) is 0. The fourth-order valence-electron chi connectivity index (χ4n) is 1.86. The number of ether oxygens (including phenoxy) is 1. The molecule has 0 bridgehead atoms. The Morgan fingerprint density at radius 2 is 1.93 bits per heavy atom. The van der Waals surface area contributed by atoms with Gasteiger partial charge in [0, 0.05) is 10.7 Å². The van der Waals surface area contributed by atoms with E-state index in [-0.39, 0.29) is 0 Å². The van der Waals surface area contributed by atoms with Gasteiger partial charge in [-0.15, -0.1) is 0 Å². The average molecular weight is 269 g/mol. The van der Waals surface area contributed by atoms with E-state index in [2.05, 4.69) is 47.1 Å². The van der Waals surface area contributed by atoms with Crippen LogP contribution in [0.3, 0.4) is 0 Å². The number of hydrogen-bond donors (Lipinski definition) is 0. The molecule has 0 radical (unpaired) electrons. The van der Waals surface area contributed by atoms with Crippen LogP contribution >= 0.6 is 15.9 Å². The monoisotopic (exact) mass is 268 g/mol. The fourth-order valence-corrected chi connectivity index (χ4v) is 2.59. The second-order valence-corrected chi connectivity index (χ2v) is 5.15. The lowest BCUT2D eigenvalue weighted by molar-refractivity contribution is 0.0838. The summed E-state index contributed by atoms with van der Waals surface area (Å²) in [6, 6.07) is 8.29. The summed E-state index contributed by atoms with van der Waals surface area (Å²) in [5, 5.41) is 1.06. The van der Waals surface area contributed by atoms with Crippen LogP contribution in [0.2, 0.25) is 0 Å². The van der Waals surface area contributed by atoms with E-state index in [9.17, 15) is 0 Å². The van der Waals surface area contributed by atoms with Crippen LogP contribution in [0.4, 0.5) is 0 Å². The number of alkyl halides is 1. The van der Waals surface area contributed by atoms with E-state index in [1.807, 2.05) is 0 Å². The third-order valence-corrected chi connectivity index (χ3v) is 4.45. The summed E-state index contributed by atoms with van der Waals surface area (Å²) in [6.07, 6.45) is 3.94. The Kier molecular flexibility index (Phi) is 3.35. The van der Waals surface area contributed by atoms with Crippen LogP contribution < -0.4 is 4.74 Å². The van der Waals surface area contributed by atoms with Gasteiger partial charge in [0.05, 0.1) is 6.61 Å². The minimum atomic E-state index is 0.408. The van der Waals surface area contributed by atoms with Gasteiger partial charge in [0.25, 0.3) is 0 Å². The standard InChI is InChI=1S/C13H17BrO/c1-11-3-5-12(6-4-11)15-10-13(9-14)7-2-8-13/h3-6H,2,7-10H2,1H3. The summed E-state index contributed by atoms with van der Waals surface area (Å²) in [7, 11) is 0. The Morgan fingerprint density at radius 1 is 1.27 bits per heavy atom. The predicted octanol–water partition coefficient (Wildman–Crippen LogP) is 3.94. The first-order valence-electron chi connectivity index (χ1n) is 5.50. The number of aryl methyl sites for hydroxylation is 1. The van der Waals surface area contributed by atoms with Crippen molar-refractivity contribution in [1.29, 1.82) is 0 Å². The minimum Gasteiger partial charge on any atom is -0.493 e. The van der Waals surface area contributed by atoms with Crippen LogP contribution in [0.15, 0.2) is 24.3 Å². The van der Waals surface area contributed by atoms with Gasteiger partial charge < -0.3 is 4.74 Å². The van der Waals surface area contributed by atoms with Crippen molar-refractivity contribution in [1.82, 2.24) is 0 Å². The maximum Gasteiger partial charge on any atom is 0.119 e. The second kappa shape index (κ2) is 4.56. The van der Waals surface area contributed by atoms with Crippen molar-refractivity contribution in [3.63, 3.8) is 0 Å². The Bertz CT molecular complexity index is 308. The molecule has 0 amide bonds. The molecule has 0 N–H and O–H groups in total.